The maximum atomic E-state index is 12.4. The zero-order chi connectivity index (χ0) is 24.5. The van der Waals surface area contributed by atoms with Crippen LogP contribution in [-0.2, 0) is 45.4 Å². The van der Waals surface area contributed by atoms with E-state index in [4.69, 9.17) is 18.9 Å². The van der Waals surface area contributed by atoms with E-state index in [9.17, 15) is 16.8 Å². The number of ether oxygens (including phenoxy) is 4. The number of nitrogens with one attached hydrogen (secondary N) is 2. The summed E-state index contributed by atoms with van der Waals surface area (Å²) < 4.78 is 74.4. The Balaban J connectivity index is 2.01. The van der Waals surface area contributed by atoms with Crippen LogP contribution in [0.1, 0.15) is 11.1 Å². The van der Waals surface area contributed by atoms with E-state index < -0.39 is 32.6 Å². The molecule has 184 valence electrons. The molecule has 0 fully saturated rings. The summed E-state index contributed by atoms with van der Waals surface area (Å²) >= 11 is 0. The molecule has 0 aliphatic rings. The van der Waals surface area contributed by atoms with Crippen LogP contribution in [0.15, 0.2) is 58.3 Å². The molecule has 33 heavy (non-hydrogen) atoms. The molecule has 2 aromatic carbocycles. The van der Waals surface area contributed by atoms with E-state index in [-0.39, 0.29) is 22.9 Å². The third-order valence-corrected chi connectivity index (χ3v) is 7.69. The average molecular weight is 503 g/mol. The lowest BCUT2D eigenvalue weighted by atomic mass is 10.1. The van der Waals surface area contributed by atoms with E-state index in [2.05, 4.69) is 9.44 Å². The van der Waals surface area contributed by atoms with Gasteiger partial charge < -0.3 is 18.9 Å². The second kappa shape index (κ2) is 12.5. The third kappa shape index (κ3) is 8.12. The summed E-state index contributed by atoms with van der Waals surface area (Å²) in [6.07, 6.45) is -0.850. The largest absolute Gasteiger partial charge is 0.355 e. The van der Waals surface area contributed by atoms with Crippen LogP contribution in [0.4, 0.5) is 0 Å². The molecule has 0 saturated carbocycles. The topological polar surface area (TPSA) is 129 Å². The molecule has 0 bridgehead atoms. The standard InChI is InChI=1S/C21H30N2O8S2/c1-28-20(29-2)14-22-32(24,25)18-9-5-16(6-10-18)13-17-7-11-19(12-8-17)33(26,27)23-15-21(30-3)31-4/h5-12,20-23H,13-15H2,1-4H3. The van der Waals surface area contributed by atoms with Crippen LogP contribution in [0.3, 0.4) is 0 Å². The normalized spacial score (nSPS) is 12.5. The molecule has 12 heteroatoms. The zero-order valence-electron chi connectivity index (χ0n) is 19.0. The first kappa shape index (κ1) is 27.3. The van der Waals surface area contributed by atoms with Crippen molar-refractivity contribution in [2.45, 2.75) is 28.8 Å². The first-order valence-corrected chi connectivity index (χ1v) is 12.9. The van der Waals surface area contributed by atoms with Crippen molar-refractivity contribution in [1.82, 2.24) is 9.44 Å². The van der Waals surface area contributed by atoms with Crippen LogP contribution in [0.5, 0.6) is 0 Å². The number of rotatable bonds is 14. The molecule has 0 aromatic heterocycles. The Morgan fingerprint density at radius 1 is 0.606 bits per heavy atom. The quantitative estimate of drug-likeness (QED) is 0.367. The van der Waals surface area contributed by atoms with Crippen molar-refractivity contribution in [3.05, 3.63) is 59.7 Å². The number of methoxy groups -OCH3 is 4. The lowest BCUT2D eigenvalue weighted by molar-refractivity contribution is -0.0962. The van der Waals surface area contributed by atoms with Crippen LogP contribution in [0.2, 0.25) is 0 Å². The molecule has 0 heterocycles. The summed E-state index contributed by atoms with van der Waals surface area (Å²) in [5, 5.41) is 0. The second-order valence-electron chi connectivity index (χ2n) is 6.97. The summed E-state index contributed by atoms with van der Waals surface area (Å²) in [7, 11) is -1.71. The first-order valence-electron chi connectivity index (χ1n) is 9.93. The Morgan fingerprint density at radius 2 is 0.909 bits per heavy atom. The van der Waals surface area contributed by atoms with Crippen molar-refractivity contribution in [2.24, 2.45) is 0 Å². The SMILES string of the molecule is COC(CNS(=O)(=O)c1ccc(Cc2ccc(S(=O)(=O)NCC(OC)OC)cc2)cc1)OC. The van der Waals surface area contributed by atoms with Crippen LogP contribution in [-0.4, -0.2) is 70.9 Å². The molecule has 10 nitrogen and oxygen atoms in total. The number of hydrogen-bond donors (Lipinski definition) is 2. The van der Waals surface area contributed by atoms with E-state index in [0.29, 0.717) is 6.42 Å². The van der Waals surface area contributed by atoms with E-state index >= 15 is 0 Å². The van der Waals surface area contributed by atoms with Crippen LogP contribution < -0.4 is 9.44 Å². The van der Waals surface area contributed by atoms with Crippen LogP contribution in [0.25, 0.3) is 0 Å². The van der Waals surface area contributed by atoms with Gasteiger partial charge in [-0.2, -0.15) is 0 Å². The van der Waals surface area contributed by atoms with Gasteiger partial charge >= 0.3 is 0 Å². The fourth-order valence-corrected chi connectivity index (χ4v) is 4.89. The van der Waals surface area contributed by atoms with E-state index in [1.165, 1.54) is 52.7 Å². The molecular formula is C21H30N2O8S2. The van der Waals surface area contributed by atoms with E-state index in [1.807, 2.05) is 0 Å². The van der Waals surface area contributed by atoms with Crippen molar-refractivity contribution in [2.75, 3.05) is 41.5 Å². The Morgan fingerprint density at radius 3 is 1.18 bits per heavy atom. The second-order valence-corrected chi connectivity index (χ2v) is 10.5. The molecule has 0 atom stereocenters. The Labute approximate surface area is 195 Å². The molecular weight excluding hydrogens is 472 g/mol. The van der Waals surface area contributed by atoms with Gasteiger partial charge in [0, 0.05) is 28.4 Å². The molecule has 0 amide bonds. The van der Waals surface area contributed by atoms with Crippen molar-refractivity contribution in [1.29, 1.82) is 0 Å². The van der Waals surface area contributed by atoms with Gasteiger partial charge in [0.15, 0.2) is 12.6 Å². The van der Waals surface area contributed by atoms with Gasteiger partial charge in [-0.3, -0.25) is 0 Å². The number of sulfonamides is 2. The zero-order valence-corrected chi connectivity index (χ0v) is 20.6. The van der Waals surface area contributed by atoms with Crippen LogP contribution in [0, 0.1) is 0 Å². The molecule has 0 saturated heterocycles. The van der Waals surface area contributed by atoms with Crippen molar-refractivity contribution in [3.8, 4) is 0 Å². The van der Waals surface area contributed by atoms with Crippen molar-refractivity contribution < 1.29 is 35.8 Å². The lowest BCUT2D eigenvalue weighted by Crippen LogP contribution is -2.34. The minimum atomic E-state index is -3.70. The predicted octanol–water partition coefficient (Wildman–Crippen LogP) is 1.07. The molecule has 0 aliphatic heterocycles. The summed E-state index contributed by atoms with van der Waals surface area (Å²) in [5.74, 6) is 0. The average Bonchev–Trinajstić information content (AvgIpc) is 2.81. The van der Waals surface area contributed by atoms with Gasteiger partial charge in [0.1, 0.15) is 0 Å². The fourth-order valence-electron chi connectivity index (χ4n) is 2.86. The molecule has 2 N–H and O–H groups in total. The van der Waals surface area contributed by atoms with Gasteiger partial charge in [0.25, 0.3) is 0 Å². The predicted molar refractivity (Wildman–Crippen MR) is 122 cm³/mol. The van der Waals surface area contributed by atoms with Gasteiger partial charge in [-0.15, -0.1) is 0 Å². The highest BCUT2D eigenvalue weighted by atomic mass is 32.2. The highest BCUT2D eigenvalue weighted by Crippen LogP contribution is 2.16. The Hall–Kier alpha value is -1.90. The minimum Gasteiger partial charge on any atom is -0.355 e. The van der Waals surface area contributed by atoms with Gasteiger partial charge in [0.2, 0.25) is 20.0 Å². The van der Waals surface area contributed by atoms with Gasteiger partial charge in [-0.25, -0.2) is 26.3 Å². The summed E-state index contributed by atoms with van der Waals surface area (Å²) in [5.41, 5.74) is 1.75. The molecule has 0 spiro atoms. The van der Waals surface area contributed by atoms with Crippen molar-refractivity contribution >= 4 is 20.0 Å². The molecule has 0 aliphatic carbocycles. The fraction of sp³-hybridized carbons (Fsp3) is 0.429. The maximum Gasteiger partial charge on any atom is 0.240 e. The van der Waals surface area contributed by atoms with Gasteiger partial charge in [0.05, 0.1) is 22.9 Å². The van der Waals surface area contributed by atoms with Crippen LogP contribution >= 0.6 is 0 Å². The highest BCUT2D eigenvalue weighted by molar-refractivity contribution is 7.89. The van der Waals surface area contributed by atoms with E-state index in [1.54, 1.807) is 24.3 Å². The lowest BCUT2D eigenvalue weighted by Gasteiger charge is -2.14. The first-order chi connectivity index (χ1) is 15.6. The van der Waals surface area contributed by atoms with Gasteiger partial charge in [-0.1, -0.05) is 24.3 Å². The molecule has 0 radical (unpaired) electrons. The highest BCUT2D eigenvalue weighted by Gasteiger charge is 2.18. The molecule has 2 rings (SSSR count). The molecule has 2 aromatic rings. The Bertz CT molecular complexity index is 977. The van der Waals surface area contributed by atoms with Crippen molar-refractivity contribution in [3.63, 3.8) is 0 Å². The number of hydrogen-bond acceptors (Lipinski definition) is 8. The minimum absolute atomic E-state index is 0.0151. The molecule has 0 unspecified atom stereocenters. The smallest absolute Gasteiger partial charge is 0.240 e. The summed E-state index contributed by atoms with van der Waals surface area (Å²) in [6, 6.07) is 12.9. The number of benzene rings is 2. The maximum absolute atomic E-state index is 12.4. The Kier molecular flexibility index (Phi) is 10.4. The monoisotopic (exact) mass is 502 g/mol. The van der Waals surface area contributed by atoms with Gasteiger partial charge in [-0.05, 0) is 41.8 Å². The van der Waals surface area contributed by atoms with E-state index in [0.717, 1.165) is 11.1 Å². The third-order valence-electron chi connectivity index (χ3n) is 4.81. The summed E-state index contributed by atoms with van der Waals surface area (Å²) in [6.45, 7) is -0.0302. The summed E-state index contributed by atoms with van der Waals surface area (Å²) in [4.78, 5) is 0.241.